The van der Waals surface area contributed by atoms with Gasteiger partial charge in [-0.1, -0.05) is 12.1 Å². The van der Waals surface area contributed by atoms with Crippen molar-refractivity contribution in [2.75, 3.05) is 18.1 Å². The minimum atomic E-state index is -3.06. The molecular weight excluding hydrogens is 325 g/mol. The summed E-state index contributed by atoms with van der Waals surface area (Å²) in [6.45, 7) is -0.0413. The van der Waals surface area contributed by atoms with Crippen molar-refractivity contribution in [3.05, 3.63) is 35.6 Å². The number of sulfone groups is 1. The topological polar surface area (TPSA) is 104 Å². The van der Waals surface area contributed by atoms with E-state index in [0.717, 1.165) is 5.56 Å². The molecule has 1 fully saturated rings. The molecule has 3 N–H and O–H groups in total. The van der Waals surface area contributed by atoms with Crippen LogP contribution >= 0.6 is 0 Å². The molecule has 0 saturated carbocycles. The maximum Gasteiger partial charge on any atom is 0.315 e. The molecule has 1 aromatic carbocycles. The average Bonchev–Trinajstić information content (AvgIpc) is 2.83. The van der Waals surface area contributed by atoms with E-state index in [4.69, 9.17) is 0 Å². The van der Waals surface area contributed by atoms with Crippen LogP contribution in [0.1, 0.15) is 12.0 Å². The van der Waals surface area contributed by atoms with Gasteiger partial charge in [0.15, 0.2) is 9.84 Å². The van der Waals surface area contributed by atoms with E-state index in [2.05, 4.69) is 16.0 Å². The van der Waals surface area contributed by atoms with E-state index in [-0.39, 0.29) is 30.4 Å². The first kappa shape index (κ1) is 17.2. The zero-order valence-electron chi connectivity index (χ0n) is 12.3. The maximum absolute atomic E-state index is 12.7. The highest BCUT2D eigenvalue weighted by molar-refractivity contribution is 7.91. The molecule has 0 bridgehead atoms. The van der Waals surface area contributed by atoms with Gasteiger partial charge in [0.05, 0.1) is 18.1 Å². The number of urea groups is 1. The highest BCUT2D eigenvalue weighted by Crippen LogP contribution is 2.10. The SMILES string of the molecule is O=C(CNC(=O)NCc1ccc(F)cc1)NC1CCS(=O)(=O)C1. The second kappa shape index (κ2) is 7.40. The van der Waals surface area contributed by atoms with Crippen LogP contribution in [0.2, 0.25) is 0 Å². The molecular formula is C14H18FN3O4S. The Morgan fingerprint density at radius 2 is 1.87 bits per heavy atom. The van der Waals surface area contributed by atoms with E-state index in [1.807, 2.05) is 0 Å². The molecule has 126 valence electrons. The lowest BCUT2D eigenvalue weighted by Crippen LogP contribution is -2.45. The fourth-order valence-electron chi connectivity index (χ4n) is 2.20. The maximum atomic E-state index is 12.7. The molecule has 0 spiro atoms. The van der Waals surface area contributed by atoms with Gasteiger partial charge in [-0.2, -0.15) is 0 Å². The molecule has 2 rings (SSSR count). The minimum Gasteiger partial charge on any atom is -0.351 e. The predicted molar refractivity (Wildman–Crippen MR) is 81.8 cm³/mol. The molecule has 3 amide bonds. The number of hydrogen-bond acceptors (Lipinski definition) is 4. The van der Waals surface area contributed by atoms with Crippen molar-refractivity contribution in [2.45, 2.75) is 19.0 Å². The Bertz CT molecular complexity index is 676. The van der Waals surface area contributed by atoms with Crippen molar-refractivity contribution in [1.29, 1.82) is 0 Å². The molecule has 1 aliphatic heterocycles. The zero-order valence-corrected chi connectivity index (χ0v) is 13.2. The smallest absolute Gasteiger partial charge is 0.315 e. The van der Waals surface area contributed by atoms with Crippen molar-refractivity contribution in [1.82, 2.24) is 16.0 Å². The fourth-order valence-corrected chi connectivity index (χ4v) is 3.87. The normalized spacial score (nSPS) is 19.1. The molecule has 7 nitrogen and oxygen atoms in total. The third kappa shape index (κ3) is 5.85. The van der Waals surface area contributed by atoms with Gasteiger partial charge in [0.25, 0.3) is 0 Å². The number of rotatable bonds is 5. The Kier molecular flexibility index (Phi) is 5.54. The number of halogens is 1. The van der Waals surface area contributed by atoms with E-state index in [0.29, 0.717) is 6.42 Å². The Balaban J connectivity index is 1.66. The molecule has 0 radical (unpaired) electrons. The number of hydrogen-bond donors (Lipinski definition) is 3. The molecule has 9 heteroatoms. The Morgan fingerprint density at radius 3 is 2.48 bits per heavy atom. The monoisotopic (exact) mass is 343 g/mol. The van der Waals surface area contributed by atoms with Gasteiger partial charge < -0.3 is 16.0 Å². The first-order chi connectivity index (χ1) is 10.8. The highest BCUT2D eigenvalue weighted by atomic mass is 32.2. The molecule has 1 atom stereocenters. The van der Waals surface area contributed by atoms with Gasteiger partial charge >= 0.3 is 6.03 Å². The molecule has 1 unspecified atom stereocenters. The summed E-state index contributed by atoms with van der Waals surface area (Å²) in [6.07, 6.45) is 0.394. The van der Waals surface area contributed by atoms with E-state index < -0.39 is 27.8 Å². The Labute approximate surface area is 133 Å². The van der Waals surface area contributed by atoms with Crippen molar-refractivity contribution in [2.24, 2.45) is 0 Å². The van der Waals surface area contributed by atoms with Crippen LogP contribution in [-0.2, 0) is 21.2 Å². The lowest BCUT2D eigenvalue weighted by Gasteiger charge is -2.12. The zero-order chi connectivity index (χ0) is 16.9. The van der Waals surface area contributed by atoms with Crippen molar-refractivity contribution >= 4 is 21.8 Å². The van der Waals surface area contributed by atoms with Crippen molar-refractivity contribution in [3.8, 4) is 0 Å². The number of carbonyl (C=O) groups excluding carboxylic acids is 2. The van der Waals surface area contributed by atoms with Gasteiger partial charge in [0.1, 0.15) is 5.82 Å². The van der Waals surface area contributed by atoms with Gasteiger partial charge in [0, 0.05) is 12.6 Å². The van der Waals surface area contributed by atoms with Crippen LogP contribution in [0.25, 0.3) is 0 Å². The minimum absolute atomic E-state index is 0.0600. The summed E-state index contributed by atoms with van der Waals surface area (Å²) in [7, 11) is -3.06. The van der Waals surface area contributed by atoms with Gasteiger partial charge in [-0.05, 0) is 24.1 Å². The standard InChI is InChI=1S/C14H18FN3O4S/c15-11-3-1-10(2-4-11)7-16-14(20)17-8-13(19)18-12-5-6-23(21,22)9-12/h1-4,12H,5-9H2,(H,18,19)(H2,16,17,20). The van der Waals surface area contributed by atoms with Crippen molar-refractivity contribution in [3.63, 3.8) is 0 Å². The number of amides is 3. The molecule has 23 heavy (non-hydrogen) atoms. The third-order valence-corrected chi connectivity index (χ3v) is 5.14. The summed E-state index contributed by atoms with van der Waals surface area (Å²) < 4.78 is 35.3. The van der Waals surface area contributed by atoms with Gasteiger partial charge in [-0.15, -0.1) is 0 Å². The summed E-state index contributed by atoms with van der Waals surface area (Å²) in [5, 5.41) is 7.47. The Morgan fingerprint density at radius 1 is 1.17 bits per heavy atom. The third-order valence-electron chi connectivity index (χ3n) is 3.37. The van der Waals surface area contributed by atoms with Gasteiger partial charge in [-0.3, -0.25) is 4.79 Å². The van der Waals surface area contributed by atoms with E-state index >= 15 is 0 Å². The van der Waals surface area contributed by atoms with Crippen LogP contribution in [0.5, 0.6) is 0 Å². The molecule has 1 aromatic rings. The number of carbonyl (C=O) groups is 2. The van der Waals surface area contributed by atoms with Crippen LogP contribution in [0, 0.1) is 5.82 Å². The second-order valence-corrected chi connectivity index (χ2v) is 7.56. The second-order valence-electron chi connectivity index (χ2n) is 5.33. The molecule has 1 saturated heterocycles. The van der Waals surface area contributed by atoms with Crippen LogP contribution in [0.4, 0.5) is 9.18 Å². The number of nitrogens with one attached hydrogen (secondary N) is 3. The molecule has 0 aromatic heterocycles. The largest absolute Gasteiger partial charge is 0.351 e. The first-order valence-corrected chi connectivity index (χ1v) is 8.92. The summed E-state index contributed by atoms with van der Waals surface area (Å²) >= 11 is 0. The van der Waals surface area contributed by atoms with Gasteiger partial charge in [-0.25, -0.2) is 17.6 Å². The van der Waals surface area contributed by atoms with Crippen LogP contribution in [0.3, 0.4) is 0 Å². The quantitative estimate of drug-likeness (QED) is 0.696. The molecule has 1 aliphatic rings. The predicted octanol–water partition coefficient (Wildman–Crippen LogP) is -0.0718. The van der Waals surface area contributed by atoms with E-state index in [9.17, 15) is 22.4 Å². The average molecular weight is 343 g/mol. The number of benzene rings is 1. The van der Waals surface area contributed by atoms with Crippen molar-refractivity contribution < 1.29 is 22.4 Å². The summed E-state index contributed by atoms with van der Waals surface area (Å²) in [5.74, 6) is -0.785. The van der Waals surface area contributed by atoms with E-state index in [1.165, 1.54) is 12.1 Å². The van der Waals surface area contributed by atoms with Crippen LogP contribution in [0.15, 0.2) is 24.3 Å². The lowest BCUT2D eigenvalue weighted by molar-refractivity contribution is -0.120. The van der Waals surface area contributed by atoms with Gasteiger partial charge in [0.2, 0.25) is 5.91 Å². The lowest BCUT2D eigenvalue weighted by atomic mass is 10.2. The first-order valence-electron chi connectivity index (χ1n) is 7.10. The summed E-state index contributed by atoms with van der Waals surface area (Å²) in [6, 6.07) is 4.74. The summed E-state index contributed by atoms with van der Waals surface area (Å²) in [4.78, 5) is 23.2. The highest BCUT2D eigenvalue weighted by Gasteiger charge is 2.28. The molecule has 1 heterocycles. The van der Waals surface area contributed by atoms with E-state index in [1.54, 1.807) is 12.1 Å². The van der Waals surface area contributed by atoms with Crippen LogP contribution in [-0.4, -0.2) is 44.4 Å². The molecule has 0 aliphatic carbocycles. The Hall–Kier alpha value is -2.16. The van der Waals surface area contributed by atoms with Crippen LogP contribution < -0.4 is 16.0 Å². The fraction of sp³-hybridized carbons (Fsp3) is 0.429. The summed E-state index contributed by atoms with van der Waals surface area (Å²) in [5.41, 5.74) is 0.724.